The minimum Gasteiger partial charge on any atom is -0.342 e. The molecule has 2 unspecified atom stereocenters. The molecule has 6 heteroatoms. The van der Waals surface area contributed by atoms with E-state index in [1.54, 1.807) is 0 Å². The molecule has 6 nitrogen and oxygen atoms in total. The number of amides is 3. The molecule has 2 atom stereocenters. The van der Waals surface area contributed by atoms with Gasteiger partial charge in [0.2, 0.25) is 17.7 Å². The fraction of sp³-hybridized carbons (Fsp3) is 0.833. The minimum atomic E-state index is -0.332. The van der Waals surface area contributed by atoms with Gasteiger partial charge in [-0.2, -0.15) is 0 Å². The standard InChI is InChI=1S/C30H43N3O3/c34-27(22-15-18-1-5-20(22)6-2-18)31-24-25(32-28(35)23-16-19-3-7-21(23)8-4-19)26(24)33-29(36)30-12-9-17(10-13-30)11-14-30/h17-23,26H,1-16H2,(H,31,34)(H,32,35)(H,33,36). The molecule has 9 saturated carbocycles. The van der Waals surface area contributed by atoms with Gasteiger partial charge >= 0.3 is 0 Å². The highest BCUT2D eigenvalue weighted by atomic mass is 16.2. The summed E-state index contributed by atoms with van der Waals surface area (Å²) in [7, 11) is 0. The van der Waals surface area contributed by atoms with Crippen molar-refractivity contribution < 1.29 is 14.4 Å². The van der Waals surface area contributed by atoms with Gasteiger partial charge in [0.15, 0.2) is 0 Å². The average Bonchev–Trinajstić information content (AvgIpc) is 3.59. The summed E-state index contributed by atoms with van der Waals surface area (Å²) in [5, 5.41) is 9.70. The van der Waals surface area contributed by atoms with E-state index < -0.39 is 0 Å². The van der Waals surface area contributed by atoms with Crippen molar-refractivity contribution in [2.45, 2.75) is 109 Å². The van der Waals surface area contributed by atoms with Crippen molar-refractivity contribution >= 4 is 17.7 Å². The molecule has 0 aliphatic heterocycles. The number of carbonyl (C=O) groups excluding carboxylic acids is 3. The number of fused-ring (bicyclic) bond motifs is 9. The first-order valence-electron chi connectivity index (χ1n) is 15.2. The second-order valence-electron chi connectivity index (χ2n) is 13.7. The van der Waals surface area contributed by atoms with Gasteiger partial charge in [0.05, 0.1) is 11.4 Å². The summed E-state index contributed by atoms with van der Waals surface area (Å²) in [6.07, 6.45) is 18.2. The van der Waals surface area contributed by atoms with E-state index in [1.807, 2.05) is 0 Å². The van der Waals surface area contributed by atoms with Crippen molar-refractivity contribution in [3.8, 4) is 0 Å². The summed E-state index contributed by atoms with van der Waals surface area (Å²) in [4.78, 5) is 40.3. The van der Waals surface area contributed by atoms with Crippen LogP contribution in [0, 0.1) is 46.8 Å². The first kappa shape index (κ1) is 23.3. The maximum absolute atomic E-state index is 13.5. The average molecular weight is 494 g/mol. The molecule has 0 aromatic heterocycles. The van der Waals surface area contributed by atoms with Crippen LogP contribution in [0.25, 0.3) is 0 Å². The summed E-state index contributed by atoms with van der Waals surface area (Å²) in [5.41, 5.74) is 1.27. The van der Waals surface area contributed by atoms with Gasteiger partial charge in [-0.25, -0.2) is 0 Å². The third-order valence-electron chi connectivity index (χ3n) is 11.9. The lowest BCUT2D eigenvalue weighted by atomic mass is 9.60. The summed E-state index contributed by atoms with van der Waals surface area (Å²) >= 11 is 0. The molecule has 6 bridgehead atoms. The minimum absolute atomic E-state index is 0.0835. The summed E-state index contributed by atoms with van der Waals surface area (Å²) in [6, 6.07) is -0.332. The monoisotopic (exact) mass is 493 g/mol. The number of rotatable bonds is 6. The van der Waals surface area contributed by atoms with Gasteiger partial charge < -0.3 is 16.0 Å². The Morgan fingerprint density at radius 1 is 0.583 bits per heavy atom. The van der Waals surface area contributed by atoms with Crippen molar-refractivity contribution in [3.05, 3.63) is 11.4 Å². The molecule has 10 aliphatic rings. The van der Waals surface area contributed by atoms with Crippen LogP contribution in [0.2, 0.25) is 0 Å². The zero-order chi connectivity index (χ0) is 24.4. The summed E-state index contributed by atoms with van der Waals surface area (Å²) in [6.45, 7) is 0. The molecule has 10 rings (SSSR count). The topological polar surface area (TPSA) is 87.3 Å². The molecule has 0 heterocycles. The van der Waals surface area contributed by atoms with Crippen LogP contribution in [-0.2, 0) is 14.4 Å². The highest BCUT2D eigenvalue weighted by Crippen LogP contribution is 2.51. The SMILES string of the molecule is O=C(NC1=C(NC(=O)C2CC3CCC2CC3)C1NC(=O)C12CCC(CC1)CC2)C1CC2CCC1CC2. The molecular formula is C30H43N3O3. The van der Waals surface area contributed by atoms with Crippen molar-refractivity contribution in [1.82, 2.24) is 16.0 Å². The lowest BCUT2D eigenvalue weighted by Gasteiger charge is -2.45. The number of hydrogen-bond acceptors (Lipinski definition) is 3. The molecule has 3 N–H and O–H groups in total. The Kier molecular flexibility index (Phi) is 5.74. The normalized spacial score (nSPS) is 44.3. The third kappa shape index (κ3) is 4.01. The third-order valence-corrected chi connectivity index (χ3v) is 11.9. The quantitative estimate of drug-likeness (QED) is 0.507. The first-order valence-corrected chi connectivity index (χ1v) is 15.2. The molecule has 0 aromatic rings. The van der Waals surface area contributed by atoms with Gasteiger partial charge in [-0.15, -0.1) is 0 Å². The number of hydrogen-bond donors (Lipinski definition) is 3. The van der Waals surface area contributed by atoms with Gasteiger partial charge in [-0.1, -0.05) is 25.7 Å². The van der Waals surface area contributed by atoms with Crippen LogP contribution >= 0.6 is 0 Å². The predicted molar refractivity (Wildman–Crippen MR) is 136 cm³/mol. The molecule has 0 aromatic carbocycles. The van der Waals surface area contributed by atoms with Crippen LogP contribution < -0.4 is 16.0 Å². The predicted octanol–water partition coefficient (Wildman–Crippen LogP) is 4.55. The molecular weight excluding hydrogens is 450 g/mol. The van der Waals surface area contributed by atoms with Crippen molar-refractivity contribution in [3.63, 3.8) is 0 Å². The van der Waals surface area contributed by atoms with E-state index in [1.165, 1.54) is 51.4 Å². The van der Waals surface area contributed by atoms with E-state index in [9.17, 15) is 14.4 Å². The van der Waals surface area contributed by atoms with Gasteiger partial charge in [0.1, 0.15) is 6.04 Å². The van der Waals surface area contributed by atoms with E-state index in [4.69, 9.17) is 0 Å². The van der Waals surface area contributed by atoms with Crippen LogP contribution in [0.5, 0.6) is 0 Å². The Hall–Kier alpha value is -1.85. The maximum Gasteiger partial charge on any atom is 0.227 e. The molecule has 0 spiro atoms. The summed E-state index contributed by atoms with van der Waals surface area (Å²) < 4.78 is 0. The lowest BCUT2D eigenvalue weighted by Crippen LogP contribution is -2.49. The molecule has 196 valence electrons. The fourth-order valence-electron chi connectivity index (χ4n) is 9.37. The molecule has 0 radical (unpaired) electrons. The number of nitrogens with one attached hydrogen (secondary N) is 3. The van der Waals surface area contributed by atoms with E-state index in [-0.39, 0.29) is 41.0 Å². The first-order chi connectivity index (χ1) is 17.5. The van der Waals surface area contributed by atoms with E-state index in [2.05, 4.69) is 16.0 Å². The number of carbonyl (C=O) groups is 3. The van der Waals surface area contributed by atoms with Crippen molar-refractivity contribution in [2.24, 2.45) is 46.8 Å². The van der Waals surface area contributed by atoms with E-state index in [0.717, 1.165) is 68.7 Å². The van der Waals surface area contributed by atoms with Crippen LogP contribution in [0.15, 0.2) is 11.4 Å². The Morgan fingerprint density at radius 3 is 1.42 bits per heavy atom. The summed E-state index contributed by atoms with van der Waals surface area (Å²) in [5.74, 6) is 3.69. The Morgan fingerprint density at radius 2 is 1.03 bits per heavy atom. The van der Waals surface area contributed by atoms with Crippen LogP contribution in [-0.4, -0.2) is 23.8 Å². The van der Waals surface area contributed by atoms with Crippen molar-refractivity contribution in [2.75, 3.05) is 0 Å². The maximum atomic E-state index is 13.5. The zero-order valence-electron chi connectivity index (χ0n) is 21.7. The lowest BCUT2D eigenvalue weighted by molar-refractivity contribution is -0.137. The molecule has 36 heavy (non-hydrogen) atoms. The van der Waals surface area contributed by atoms with Crippen LogP contribution in [0.4, 0.5) is 0 Å². The van der Waals surface area contributed by atoms with Gasteiger partial charge in [-0.3, -0.25) is 14.4 Å². The molecule has 9 fully saturated rings. The highest BCUT2D eigenvalue weighted by molar-refractivity contribution is 5.89. The fourth-order valence-corrected chi connectivity index (χ4v) is 9.37. The second-order valence-corrected chi connectivity index (χ2v) is 13.7. The van der Waals surface area contributed by atoms with E-state index in [0.29, 0.717) is 23.7 Å². The van der Waals surface area contributed by atoms with E-state index >= 15 is 0 Å². The van der Waals surface area contributed by atoms with Crippen LogP contribution in [0.3, 0.4) is 0 Å². The largest absolute Gasteiger partial charge is 0.342 e. The highest BCUT2D eigenvalue weighted by Gasteiger charge is 2.51. The molecule has 10 aliphatic carbocycles. The molecule has 3 amide bonds. The van der Waals surface area contributed by atoms with Crippen LogP contribution in [0.1, 0.15) is 103 Å². The van der Waals surface area contributed by atoms with Gasteiger partial charge in [0.25, 0.3) is 0 Å². The van der Waals surface area contributed by atoms with Gasteiger partial charge in [-0.05, 0) is 107 Å². The second kappa shape index (κ2) is 8.87. The van der Waals surface area contributed by atoms with Gasteiger partial charge in [0, 0.05) is 17.3 Å². The Bertz CT molecular complexity index is 896. The zero-order valence-corrected chi connectivity index (χ0v) is 21.7. The molecule has 0 saturated heterocycles. The van der Waals surface area contributed by atoms with Crippen molar-refractivity contribution in [1.29, 1.82) is 0 Å². The smallest absolute Gasteiger partial charge is 0.227 e. The Labute approximate surface area is 215 Å². The Balaban J connectivity index is 1.05.